The molecule has 2 nitrogen and oxygen atoms in total. The minimum absolute atomic E-state index is 0.0359. The summed E-state index contributed by atoms with van der Waals surface area (Å²) in [6, 6.07) is 9.38. The molecule has 24 heavy (non-hydrogen) atoms. The number of allylic oxidation sites excluding steroid dienone is 2. The Bertz CT molecular complexity index is 637. The molecule has 2 heteroatoms. The summed E-state index contributed by atoms with van der Waals surface area (Å²) in [4.78, 5) is 25.5. The summed E-state index contributed by atoms with van der Waals surface area (Å²) in [7, 11) is 0. The van der Waals surface area contributed by atoms with Crippen molar-refractivity contribution in [2.24, 2.45) is 17.3 Å². The van der Waals surface area contributed by atoms with Crippen LogP contribution in [0.25, 0.3) is 0 Å². The third kappa shape index (κ3) is 4.03. The minimum atomic E-state index is -0.149. The van der Waals surface area contributed by atoms with E-state index in [4.69, 9.17) is 0 Å². The van der Waals surface area contributed by atoms with Crippen LogP contribution in [0.1, 0.15) is 70.7 Å². The second kappa shape index (κ2) is 7.46. The average Bonchev–Trinajstić information content (AvgIpc) is 2.53. The van der Waals surface area contributed by atoms with Crippen LogP contribution in [-0.4, -0.2) is 11.6 Å². The van der Waals surface area contributed by atoms with Crippen molar-refractivity contribution < 1.29 is 9.59 Å². The molecular weight excluding hydrogens is 296 g/mol. The Kier molecular flexibility index (Phi) is 5.79. The van der Waals surface area contributed by atoms with E-state index in [1.807, 2.05) is 44.2 Å². The molecule has 0 saturated carbocycles. The molecule has 0 aliphatic heterocycles. The SMILES string of the molecule is CC1=C(C(=O)CC(C)C(C)C(=O)c2ccccc2)C(C)(C)CCC1. The van der Waals surface area contributed by atoms with Crippen molar-refractivity contribution in [3.63, 3.8) is 0 Å². The number of Topliss-reactive ketones (excluding diaryl/α,β-unsaturated/α-hetero) is 2. The third-order valence-corrected chi connectivity index (χ3v) is 5.57. The van der Waals surface area contributed by atoms with Crippen LogP contribution >= 0.6 is 0 Å². The van der Waals surface area contributed by atoms with Gasteiger partial charge in [0.2, 0.25) is 0 Å². The first kappa shape index (κ1) is 18.6. The van der Waals surface area contributed by atoms with Crippen LogP contribution in [0.5, 0.6) is 0 Å². The molecule has 2 rings (SSSR count). The number of ketones is 2. The van der Waals surface area contributed by atoms with Gasteiger partial charge in [-0.3, -0.25) is 9.59 Å². The number of carbonyl (C=O) groups is 2. The van der Waals surface area contributed by atoms with Gasteiger partial charge in [0.1, 0.15) is 0 Å². The first-order valence-corrected chi connectivity index (χ1v) is 9.06. The molecule has 130 valence electrons. The molecule has 1 aliphatic rings. The van der Waals surface area contributed by atoms with Crippen LogP contribution in [0, 0.1) is 17.3 Å². The Labute approximate surface area is 146 Å². The van der Waals surface area contributed by atoms with Gasteiger partial charge in [0.05, 0.1) is 0 Å². The van der Waals surface area contributed by atoms with E-state index in [-0.39, 0.29) is 28.8 Å². The maximum absolute atomic E-state index is 12.9. The standard InChI is InChI=1S/C22H30O2/c1-15-10-9-13-22(4,5)20(15)19(23)14-16(2)17(3)21(24)18-11-7-6-8-12-18/h6-8,11-12,16-17H,9-10,13-14H2,1-5H3. The number of rotatable bonds is 6. The van der Waals surface area contributed by atoms with Crippen molar-refractivity contribution in [2.75, 3.05) is 0 Å². The van der Waals surface area contributed by atoms with E-state index < -0.39 is 0 Å². The summed E-state index contributed by atoms with van der Waals surface area (Å²) in [5.74, 6) is 0.258. The molecule has 0 bridgehead atoms. The summed E-state index contributed by atoms with van der Waals surface area (Å²) in [6.07, 6.45) is 3.71. The lowest BCUT2D eigenvalue weighted by atomic mass is 9.69. The highest BCUT2D eigenvalue weighted by molar-refractivity contribution is 6.00. The van der Waals surface area contributed by atoms with E-state index in [2.05, 4.69) is 20.8 Å². The monoisotopic (exact) mass is 326 g/mol. The molecule has 1 aromatic rings. The molecule has 1 aliphatic carbocycles. The predicted molar refractivity (Wildman–Crippen MR) is 99.1 cm³/mol. The molecule has 2 atom stereocenters. The van der Waals surface area contributed by atoms with Gasteiger partial charge in [-0.2, -0.15) is 0 Å². The molecule has 0 heterocycles. The van der Waals surface area contributed by atoms with Crippen LogP contribution in [0.15, 0.2) is 41.5 Å². The molecule has 0 N–H and O–H groups in total. The normalized spacial score (nSPS) is 19.7. The highest BCUT2D eigenvalue weighted by Crippen LogP contribution is 2.41. The van der Waals surface area contributed by atoms with Crippen LogP contribution in [0.2, 0.25) is 0 Å². The van der Waals surface area contributed by atoms with Gasteiger partial charge < -0.3 is 0 Å². The lowest BCUT2D eigenvalue weighted by Crippen LogP contribution is -2.29. The van der Waals surface area contributed by atoms with Gasteiger partial charge in [-0.15, -0.1) is 0 Å². The molecule has 0 aromatic heterocycles. The van der Waals surface area contributed by atoms with E-state index >= 15 is 0 Å². The number of benzene rings is 1. The quantitative estimate of drug-likeness (QED) is 0.635. The molecule has 0 saturated heterocycles. The van der Waals surface area contributed by atoms with Crippen molar-refractivity contribution in [2.45, 2.75) is 60.3 Å². The van der Waals surface area contributed by atoms with Gasteiger partial charge in [-0.25, -0.2) is 0 Å². The Balaban J connectivity index is 2.10. The Morgan fingerprint density at radius 3 is 2.33 bits per heavy atom. The third-order valence-electron chi connectivity index (χ3n) is 5.57. The molecule has 0 radical (unpaired) electrons. The smallest absolute Gasteiger partial charge is 0.165 e. The van der Waals surface area contributed by atoms with Crippen LogP contribution in [-0.2, 0) is 4.79 Å². The minimum Gasteiger partial charge on any atom is -0.295 e. The lowest BCUT2D eigenvalue weighted by molar-refractivity contribution is -0.117. The molecular formula is C22H30O2. The van der Waals surface area contributed by atoms with E-state index in [9.17, 15) is 9.59 Å². The second-order valence-corrected chi connectivity index (χ2v) is 8.02. The Hall–Kier alpha value is -1.70. The number of hydrogen-bond acceptors (Lipinski definition) is 2. The number of hydrogen-bond donors (Lipinski definition) is 0. The van der Waals surface area contributed by atoms with Gasteiger partial charge in [-0.05, 0) is 43.1 Å². The van der Waals surface area contributed by atoms with Crippen molar-refractivity contribution in [3.05, 3.63) is 47.0 Å². The zero-order valence-corrected chi connectivity index (χ0v) is 15.7. The topological polar surface area (TPSA) is 34.1 Å². The van der Waals surface area contributed by atoms with Gasteiger partial charge in [-0.1, -0.05) is 63.6 Å². The molecule has 2 unspecified atom stereocenters. The van der Waals surface area contributed by atoms with Crippen LogP contribution in [0.4, 0.5) is 0 Å². The Morgan fingerprint density at radius 2 is 1.75 bits per heavy atom. The molecule has 0 spiro atoms. The number of carbonyl (C=O) groups excluding carboxylic acids is 2. The lowest BCUT2D eigenvalue weighted by Gasteiger charge is -2.34. The zero-order valence-electron chi connectivity index (χ0n) is 15.7. The first-order chi connectivity index (χ1) is 11.2. The van der Waals surface area contributed by atoms with Crippen LogP contribution < -0.4 is 0 Å². The largest absolute Gasteiger partial charge is 0.295 e. The highest BCUT2D eigenvalue weighted by Gasteiger charge is 2.34. The van der Waals surface area contributed by atoms with Gasteiger partial charge in [0.15, 0.2) is 11.6 Å². The Morgan fingerprint density at radius 1 is 1.12 bits per heavy atom. The molecule has 1 aromatic carbocycles. The van der Waals surface area contributed by atoms with E-state index in [1.54, 1.807) is 0 Å². The summed E-state index contributed by atoms with van der Waals surface area (Å²) >= 11 is 0. The van der Waals surface area contributed by atoms with Crippen molar-refractivity contribution in [3.8, 4) is 0 Å². The maximum Gasteiger partial charge on any atom is 0.165 e. The highest BCUT2D eigenvalue weighted by atomic mass is 16.1. The fraction of sp³-hybridized carbons (Fsp3) is 0.545. The van der Waals surface area contributed by atoms with E-state index in [1.165, 1.54) is 5.57 Å². The molecule has 0 amide bonds. The summed E-state index contributed by atoms with van der Waals surface area (Å²) in [5, 5.41) is 0. The van der Waals surface area contributed by atoms with E-state index in [0.717, 1.165) is 30.4 Å². The van der Waals surface area contributed by atoms with E-state index in [0.29, 0.717) is 6.42 Å². The second-order valence-electron chi connectivity index (χ2n) is 8.02. The zero-order chi connectivity index (χ0) is 17.9. The molecule has 0 fully saturated rings. The summed E-state index contributed by atoms with van der Waals surface area (Å²) in [5.41, 5.74) is 2.95. The fourth-order valence-corrected chi connectivity index (χ4v) is 3.93. The maximum atomic E-state index is 12.9. The van der Waals surface area contributed by atoms with Gasteiger partial charge >= 0.3 is 0 Å². The van der Waals surface area contributed by atoms with Gasteiger partial charge in [0.25, 0.3) is 0 Å². The fourth-order valence-electron chi connectivity index (χ4n) is 3.93. The first-order valence-electron chi connectivity index (χ1n) is 9.06. The van der Waals surface area contributed by atoms with Crippen molar-refractivity contribution in [1.29, 1.82) is 0 Å². The van der Waals surface area contributed by atoms with Crippen molar-refractivity contribution >= 4 is 11.6 Å². The average molecular weight is 326 g/mol. The summed E-state index contributed by atoms with van der Waals surface area (Å²) in [6.45, 7) is 10.4. The summed E-state index contributed by atoms with van der Waals surface area (Å²) < 4.78 is 0. The van der Waals surface area contributed by atoms with Gasteiger partial charge in [0, 0.05) is 17.9 Å². The predicted octanol–water partition coefficient (Wildman–Crippen LogP) is 5.63. The van der Waals surface area contributed by atoms with Crippen LogP contribution in [0.3, 0.4) is 0 Å². The van der Waals surface area contributed by atoms with Crippen molar-refractivity contribution in [1.82, 2.24) is 0 Å².